The number of ether oxygens (including phenoxy) is 1. The summed E-state index contributed by atoms with van der Waals surface area (Å²) in [6, 6.07) is 10.3. The molecule has 2 aromatic rings. The van der Waals surface area contributed by atoms with Crippen molar-refractivity contribution in [1.29, 1.82) is 0 Å². The molecule has 1 fully saturated rings. The number of nitrogens with zero attached hydrogens (tertiary/aromatic N) is 3. The highest BCUT2D eigenvalue weighted by Gasteiger charge is 2.23. The summed E-state index contributed by atoms with van der Waals surface area (Å²) in [5.41, 5.74) is 1.91. The van der Waals surface area contributed by atoms with E-state index < -0.39 is 0 Å². The normalized spacial score (nSPS) is 16.6. The first kappa shape index (κ1) is 17.5. The van der Waals surface area contributed by atoms with Crippen molar-refractivity contribution < 1.29 is 9.53 Å². The van der Waals surface area contributed by atoms with Gasteiger partial charge in [-0.1, -0.05) is 30.3 Å². The highest BCUT2D eigenvalue weighted by Crippen LogP contribution is 2.20. The summed E-state index contributed by atoms with van der Waals surface area (Å²) in [6.07, 6.45) is 5.57. The summed E-state index contributed by atoms with van der Waals surface area (Å²) < 4.78 is 7.07. The van der Waals surface area contributed by atoms with Gasteiger partial charge in [-0.05, 0) is 31.2 Å². The number of piperidine rings is 1. The van der Waals surface area contributed by atoms with E-state index in [9.17, 15) is 4.79 Å². The van der Waals surface area contributed by atoms with Crippen LogP contribution in [0.4, 0.5) is 10.5 Å². The third-order valence-electron chi connectivity index (χ3n) is 4.84. The Balaban J connectivity index is 1.55. The maximum Gasteiger partial charge on any atom is 0.321 e. The van der Waals surface area contributed by atoms with Crippen LogP contribution in [0.15, 0.2) is 42.7 Å². The number of likely N-dealkylation sites (tertiary alicyclic amines) is 1. The number of amides is 2. The number of carbonyl (C=O) groups excluding carboxylic acids is 1. The molecule has 3 rings (SSSR count). The first-order valence-corrected chi connectivity index (χ1v) is 8.81. The largest absolute Gasteiger partial charge is 0.384 e. The van der Waals surface area contributed by atoms with E-state index in [0.717, 1.165) is 38.2 Å². The highest BCUT2D eigenvalue weighted by atomic mass is 16.5. The minimum absolute atomic E-state index is 0.0530. The van der Waals surface area contributed by atoms with Gasteiger partial charge in [0.15, 0.2) is 0 Å². The van der Waals surface area contributed by atoms with Crippen molar-refractivity contribution in [2.45, 2.75) is 25.8 Å². The molecule has 0 radical (unpaired) electrons. The molecule has 1 saturated heterocycles. The Hall–Kier alpha value is -2.34. The molecule has 2 amide bonds. The van der Waals surface area contributed by atoms with Crippen LogP contribution in [-0.4, -0.2) is 47.5 Å². The van der Waals surface area contributed by atoms with Gasteiger partial charge in [0.05, 0.1) is 17.9 Å². The topological polar surface area (TPSA) is 59.4 Å². The lowest BCUT2D eigenvalue weighted by Crippen LogP contribution is -2.41. The lowest BCUT2D eigenvalue weighted by atomic mass is 9.98. The van der Waals surface area contributed by atoms with Gasteiger partial charge in [-0.2, -0.15) is 5.10 Å². The van der Waals surface area contributed by atoms with Crippen LogP contribution in [-0.2, 0) is 4.74 Å². The van der Waals surface area contributed by atoms with Crippen molar-refractivity contribution >= 4 is 11.7 Å². The molecule has 1 unspecified atom stereocenters. The van der Waals surface area contributed by atoms with Gasteiger partial charge in [0.2, 0.25) is 0 Å². The number of urea groups is 1. The van der Waals surface area contributed by atoms with Gasteiger partial charge in [0, 0.05) is 33.0 Å². The van der Waals surface area contributed by atoms with Crippen molar-refractivity contribution in [3.63, 3.8) is 0 Å². The zero-order valence-electron chi connectivity index (χ0n) is 14.9. The molecule has 0 saturated carbocycles. The third-order valence-corrected chi connectivity index (χ3v) is 4.84. The Bertz CT molecular complexity index is 678. The molecule has 1 aliphatic rings. The van der Waals surface area contributed by atoms with Crippen LogP contribution in [0.1, 0.15) is 31.4 Å². The number of rotatable bonds is 5. The fourth-order valence-corrected chi connectivity index (χ4v) is 3.24. The number of anilines is 1. The Labute approximate surface area is 148 Å². The van der Waals surface area contributed by atoms with E-state index in [-0.39, 0.29) is 12.1 Å². The van der Waals surface area contributed by atoms with Crippen LogP contribution in [0.3, 0.4) is 0 Å². The first-order chi connectivity index (χ1) is 12.2. The smallest absolute Gasteiger partial charge is 0.321 e. The summed E-state index contributed by atoms with van der Waals surface area (Å²) >= 11 is 0. The van der Waals surface area contributed by atoms with Crippen LogP contribution in [0.25, 0.3) is 0 Å². The maximum absolute atomic E-state index is 12.4. The minimum atomic E-state index is -0.0530. The number of aromatic nitrogens is 2. The predicted molar refractivity (Wildman–Crippen MR) is 97.7 cm³/mol. The van der Waals surface area contributed by atoms with Crippen molar-refractivity contribution in [1.82, 2.24) is 14.7 Å². The average Bonchev–Trinajstić information content (AvgIpc) is 3.11. The van der Waals surface area contributed by atoms with E-state index in [0.29, 0.717) is 5.92 Å². The van der Waals surface area contributed by atoms with Crippen molar-refractivity contribution in [3.05, 3.63) is 48.3 Å². The lowest BCUT2D eigenvalue weighted by molar-refractivity contribution is 0.110. The van der Waals surface area contributed by atoms with E-state index in [1.807, 2.05) is 34.0 Å². The molecule has 2 heterocycles. The standard InChI is InChI=1S/C19H26N4O2/c1-15(17-6-4-3-5-7-17)23-13-18(12-20-23)21-19(24)22-10-8-16(9-11-22)14-25-2/h3-7,12-13,15-16H,8-11,14H2,1-2H3,(H,21,24). The molecule has 134 valence electrons. The van der Waals surface area contributed by atoms with E-state index >= 15 is 0 Å². The molecule has 1 atom stereocenters. The summed E-state index contributed by atoms with van der Waals surface area (Å²) in [5.74, 6) is 0.559. The van der Waals surface area contributed by atoms with Crippen molar-refractivity contribution in [3.8, 4) is 0 Å². The SMILES string of the molecule is COCC1CCN(C(=O)Nc2cnn(C(C)c3ccccc3)c2)CC1. The van der Waals surface area contributed by atoms with Gasteiger partial charge >= 0.3 is 6.03 Å². The molecule has 6 nitrogen and oxygen atoms in total. The number of methoxy groups -OCH3 is 1. The zero-order valence-corrected chi connectivity index (χ0v) is 14.9. The Morgan fingerprint density at radius 3 is 2.72 bits per heavy atom. The van der Waals surface area contributed by atoms with E-state index in [2.05, 4.69) is 29.5 Å². The van der Waals surface area contributed by atoms with Crippen molar-refractivity contribution in [2.24, 2.45) is 5.92 Å². The lowest BCUT2D eigenvalue weighted by Gasteiger charge is -2.31. The second-order valence-electron chi connectivity index (χ2n) is 6.61. The van der Waals surface area contributed by atoms with Crippen LogP contribution in [0, 0.1) is 5.92 Å². The molecular formula is C19H26N4O2. The van der Waals surface area contributed by atoms with Gasteiger partial charge in [0.1, 0.15) is 0 Å². The molecule has 1 aliphatic heterocycles. The van der Waals surface area contributed by atoms with Crippen molar-refractivity contribution in [2.75, 3.05) is 32.1 Å². The van der Waals surface area contributed by atoms with Crippen LogP contribution < -0.4 is 5.32 Å². The summed E-state index contributed by atoms with van der Waals surface area (Å²) in [5, 5.41) is 7.35. The molecule has 0 aliphatic carbocycles. The minimum Gasteiger partial charge on any atom is -0.384 e. The maximum atomic E-state index is 12.4. The fourth-order valence-electron chi connectivity index (χ4n) is 3.24. The van der Waals surface area contributed by atoms with Gasteiger partial charge in [-0.15, -0.1) is 0 Å². The molecule has 1 aromatic carbocycles. The molecule has 1 aromatic heterocycles. The summed E-state index contributed by atoms with van der Waals surface area (Å²) in [4.78, 5) is 14.3. The summed E-state index contributed by atoms with van der Waals surface area (Å²) in [6.45, 7) is 4.41. The van der Waals surface area contributed by atoms with E-state index in [1.165, 1.54) is 5.56 Å². The molecule has 0 bridgehead atoms. The second-order valence-corrected chi connectivity index (χ2v) is 6.61. The fraction of sp³-hybridized carbons (Fsp3) is 0.474. The van der Waals surface area contributed by atoms with Gasteiger partial charge in [-0.25, -0.2) is 4.79 Å². The molecular weight excluding hydrogens is 316 g/mol. The molecule has 1 N–H and O–H groups in total. The first-order valence-electron chi connectivity index (χ1n) is 8.81. The quantitative estimate of drug-likeness (QED) is 0.906. The Morgan fingerprint density at radius 1 is 1.32 bits per heavy atom. The number of benzene rings is 1. The summed E-state index contributed by atoms with van der Waals surface area (Å²) in [7, 11) is 1.73. The predicted octanol–water partition coefficient (Wildman–Crippen LogP) is 3.38. The van der Waals surface area contributed by atoms with Gasteiger partial charge < -0.3 is 15.0 Å². The Kier molecular flexibility index (Phi) is 5.71. The monoisotopic (exact) mass is 342 g/mol. The number of carbonyl (C=O) groups is 1. The molecule has 25 heavy (non-hydrogen) atoms. The number of hydrogen-bond acceptors (Lipinski definition) is 3. The van der Waals surface area contributed by atoms with E-state index in [4.69, 9.17) is 4.74 Å². The van der Waals surface area contributed by atoms with Crippen LogP contribution in [0.2, 0.25) is 0 Å². The van der Waals surface area contributed by atoms with Gasteiger partial charge in [0.25, 0.3) is 0 Å². The third kappa shape index (κ3) is 4.39. The number of nitrogens with one attached hydrogen (secondary N) is 1. The Morgan fingerprint density at radius 2 is 2.04 bits per heavy atom. The van der Waals surface area contributed by atoms with Crippen LogP contribution in [0.5, 0.6) is 0 Å². The van der Waals surface area contributed by atoms with E-state index in [1.54, 1.807) is 13.3 Å². The zero-order chi connectivity index (χ0) is 17.6. The van der Waals surface area contributed by atoms with Crippen LogP contribution >= 0.6 is 0 Å². The van der Waals surface area contributed by atoms with Gasteiger partial charge in [-0.3, -0.25) is 4.68 Å². The highest BCUT2D eigenvalue weighted by molar-refractivity contribution is 5.89. The number of hydrogen-bond donors (Lipinski definition) is 1. The average molecular weight is 342 g/mol. The molecule has 0 spiro atoms. The molecule has 6 heteroatoms. The second kappa shape index (κ2) is 8.16.